The van der Waals surface area contributed by atoms with Crippen LogP contribution in [0.25, 0.3) is 0 Å². The van der Waals surface area contributed by atoms with Gasteiger partial charge in [-0.25, -0.2) is 18.2 Å². The third-order valence-electron chi connectivity index (χ3n) is 10.0. The molecule has 0 saturated carbocycles. The second-order valence-electron chi connectivity index (χ2n) is 13.2. The minimum absolute atomic E-state index is 0.0361. The van der Waals surface area contributed by atoms with Gasteiger partial charge >= 0.3 is 12.1 Å². The van der Waals surface area contributed by atoms with E-state index in [0.29, 0.717) is 56.9 Å². The number of imidazole rings is 1. The Labute approximate surface area is 286 Å². The molecule has 3 saturated heterocycles. The van der Waals surface area contributed by atoms with Crippen LogP contribution in [0.5, 0.6) is 0 Å². The summed E-state index contributed by atoms with van der Waals surface area (Å²) >= 11 is 0. The van der Waals surface area contributed by atoms with E-state index in [9.17, 15) is 27.2 Å². The van der Waals surface area contributed by atoms with Gasteiger partial charge in [0.15, 0.2) is 0 Å². The predicted octanol–water partition coefficient (Wildman–Crippen LogP) is 5.51. The minimum Gasteiger partial charge on any atom is -0.466 e. The smallest absolute Gasteiger partial charge is 0.416 e. The number of carbonyl (C=O) groups is 2. The van der Waals surface area contributed by atoms with Crippen molar-refractivity contribution in [2.75, 3.05) is 56.1 Å². The number of halogens is 6. The third-order valence-corrected chi connectivity index (χ3v) is 10.0. The number of hydrogen-bond acceptors (Lipinski definition) is 7. The van der Waals surface area contributed by atoms with E-state index in [1.54, 1.807) is 11.8 Å². The van der Waals surface area contributed by atoms with E-state index in [1.807, 2.05) is 4.90 Å². The number of alkyl halides is 4. The number of esters is 1. The van der Waals surface area contributed by atoms with Gasteiger partial charge in [-0.15, -0.1) is 0 Å². The number of carbonyl (C=O) groups excluding carboxylic acids is 2. The van der Waals surface area contributed by atoms with E-state index >= 15 is 8.78 Å². The van der Waals surface area contributed by atoms with Gasteiger partial charge in [0.1, 0.15) is 11.6 Å². The molecule has 6 rings (SSSR count). The van der Waals surface area contributed by atoms with E-state index in [4.69, 9.17) is 4.74 Å². The molecule has 2 N–H and O–H groups in total. The van der Waals surface area contributed by atoms with Crippen LogP contribution in [-0.2, 0) is 27.0 Å². The maximum absolute atomic E-state index is 17.2. The van der Waals surface area contributed by atoms with Crippen LogP contribution < -0.4 is 15.5 Å². The van der Waals surface area contributed by atoms with Crippen LogP contribution in [0.3, 0.4) is 0 Å². The number of likely N-dealkylation sites (tertiary alicyclic amines) is 1. The number of amides is 1. The number of nitrogens with one attached hydrogen (secondary N) is 2. The summed E-state index contributed by atoms with van der Waals surface area (Å²) in [5.41, 5.74) is -2.86. The molecule has 3 aromatic rings. The van der Waals surface area contributed by atoms with Gasteiger partial charge in [-0.3, -0.25) is 19.8 Å². The van der Waals surface area contributed by atoms with Crippen LogP contribution in [0.1, 0.15) is 55.2 Å². The highest BCUT2D eigenvalue weighted by atomic mass is 19.4. The summed E-state index contributed by atoms with van der Waals surface area (Å²) in [6, 6.07) is 6.20. The Morgan fingerprint density at radius 3 is 2.58 bits per heavy atom. The highest BCUT2D eigenvalue weighted by Crippen LogP contribution is 2.43. The molecule has 270 valence electrons. The second kappa shape index (κ2) is 14.6. The topological polar surface area (TPSA) is 91.7 Å². The number of anilines is 2. The van der Waals surface area contributed by atoms with E-state index in [1.165, 1.54) is 29.1 Å². The number of ether oxygens (including phenoxy) is 1. The number of nitrogens with zero attached hydrogens (tertiary/aromatic N) is 4. The molecule has 0 radical (unpaired) electrons. The molecule has 9 nitrogen and oxygen atoms in total. The molecule has 0 unspecified atom stereocenters. The molecule has 3 fully saturated rings. The number of rotatable bonds is 9. The lowest BCUT2D eigenvalue weighted by molar-refractivity contribution is -0.148. The van der Waals surface area contributed by atoms with Crippen LogP contribution in [0.15, 0.2) is 48.8 Å². The zero-order chi connectivity index (χ0) is 35.6. The molecule has 15 heteroatoms. The Morgan fingerprint density at radius 2 is 1.86 bits per heavy atom. The minimum atomic E-state index is -4.61. The van der Waals surface area contributed by atoms with Crippen molar-refractivity contribution in [3.8, 4) is 0 Å². The Hall–Kier alpha value is -4.11. The number of benzene rings is 2. The summed E-state index contributed by atoms with van der Waals surface area (Å²) in [4.78, 5) is 34.2. The number of hydrogen-bond donors (Lipinski definition) is 2. The van der Waals surface area contributed by atoms with Crippen molar-refractivity contribution >= 4 is 23.5 Å². The van der Waals surface area contributed by atoms with Crippen molar-refractivity contribution in [3.05, 3.63) is 77.1 Å². The van der Waals surface area contributed by atoms with Gasteiger partial charge in [-0.1, -0.05) is 12.1 Å². The summed E-state index contributed by atoms with van der Waals surface area (Å²) in [6.45, 7) is 3.58. The number of aromatic nitrogens is 2. The quantitative estimate of drug-likeness (QED) is 0.224. The molecule has 3 aliphatic rings. The molecular weight excluding hydrogens is 666 g/mol. The molecule has 0 bridgehead atoms. The monoisotopic (exact) mass is 706 g/mol. The third kappa shape index (κ3) is 7.48. The van der Waals surface area contributed by atoms with Crippen LogP contribution in [-0.4, -0.2) is 83.9 Å². The lowest BCUT2D eigenvalue weighted by Gasteiger charge is -2.35. The van der Waals surface area contributed by atoms with E-state index < -0.39 is 52.8 Å². The Balaban J connectivity index is 1.27. The average molecular weight is 707 g/mol. The normalized spacial score (nSPS) is 23.6. The summed E-state index contributed by atoms with van der Waals surface area (Å²) in [7, 11) is 0. The summed E-state index contributed by atoms with van der Waals surface area (Å²) in [6.07, 6.45) is 0.804. The maximum Gasteiger partial charge on any atom is 0.416 e. The molecular formula is C35H40F6N6O3. The molecule has 4 heterocycles. The molecule has 3 atom stereocenters. The van der Waals surface area contributed by atoms with Crippen molar-refractivity contribution in [3.63, 3.8) is 0 Å². The lowest BCUT2D eigenvalue weighted by Crippen LogP contribution is -2.47. The van der Waals surface area contributed by atoms with E-state index in [-0.39, 0.29) is 56.0 Å². The van der Waals surface area contributed by atoms with Crippen molar-refractivity contribution < 1.29 is 40.7 Å². The molecule has 3 aliphatic heterocycles. The van der Waals surface area contributed by atoms with Gasteiger partial charge in [0.05, 0.1) is 24.6 Å². The second-order valence-corrected chi connectivity index (χ2v) is 13.2. The summed E-state index contributed by atoms with van der Waals surface area (Å²) in [5, 5.41) is 5.82. The SMILES string of the molecule is CCOC(=O)[C@@H]1CCCN(c2cc(C(F)(F)F)ccc2Cn2ccnc2NC(=O)[C@]2(F)CN(C3CCNCC3)C[C@H]2c2ccc(F)cc2F)C1. The van der Waals surface area contributed by atoms with Crippen LogP contribution in [0.4, 0.5) is 38.0 Å². The molecule has 2 aromatic carbocycles. The molecule has 1 amide bonds. The maximum atomic E-state index is 17.2. The highest BCUT2D eigenvalue weighted by Gasteiger charge is 2.55. The molecule has 50 heavy (non-hydrogen) atoms. The zero-order valence-corrected chi connectivity index (χ0v) is 27.6. The first-order chi connectivity index (χ1) is 23.9. The van der Waals surface area contributed by atoms with Crippen LogP contribution in [0, 0.1) is 17.6 Å². The fraction of sp³-hybridized carbons (Fsp3) is 0.514. The first kappa shape index (κ1) is 35.7. The Bertz CT molecular complexity index is 1700. The van der Waals surface area contributed by atoms with Crippen molar-refractivity contribution in [2.24, 2.45) is 5.92 Å². The zero-order valence-electron chi connectivity index (χ0n) is 27.6. The average Bonchev–Trinajstić information content (AvgIpc) is 3.69. The fourth-order valence-electron chi connectivity index (χ4n) is 7.43. The Morgan fingerprint density at radius 1 is 1.08 bits per heavy atom. The number of piperidine rings is 2. The van der Waals surface area contributed by atoms with Gasteiger partial charge in [0, 0.05) is 62.3 Å². The highest BCUT2D eigenvalue weighted by molar-refractivity contribution is 5.97. The van der Waals surface area contributed by atoms with Crippen molar-refractivity contribution in [2.45, 2.75) is 63.0 Å². The predicted molar refractivity (Wildman–Crippen MR) is 173 cm³/mol. The lowest BCUT2D eigenvalue weighted by atomic mass is 9.85. The fourth-order valence-corrected chi connectivity index (χ4v) is 7.43. The van der Waals surface area contributed by atoms with Gasteiger partial charge in [-0.05, 0) is 75.0 Å². The van der Waals surface area contributed by atoms with Crippen LogP contribution in [0.2, 0.25) is 0 Å². The van der Waals surface area contributed by atoms with Crippen molar-refractivity contribution in [1.82, 2.24) is 19.8 Å². The van der Waals surface area contributed by atoms with E-state index in [0.717, 1.165) is 18.2 Å². The van der Waals surface area contributed by atoms with Gasteiger partial charge in [-0.2, -0.15) is 13.2 Å². The van der Waals surface area contributed by atoms with Gasteiger partial charge in [0.25, 0.3) is 5.91 Å². The van der Waals surface area contributed by atoms with Gasteiger partial charge in [0.2, 0.25) is 11.6 Å². The van der Waals surface area contributed by atoms with E-state index in [2.05, 4.69) is 15.6 Å². The molecule has 0 aliphatic carbocycles. The summed E-state index contributed by atoms with van der Waals surface area (Å²) in [5.74, 6) is -5.04. The molecule has 1 aromatic heterocycles. The Kier molecular flexibility index (Phi) is 10.4. The van der Waals surface area contributed by atoms with Gasteiger partial charge < -0.3 is 19.5 Å². The standard InChI is InChI=1S/C35H40F6N6O3/c1-2-50-31(48)23-4-3-14-45(19-23)30-16-24(35(39,40)41)6-5-22(30)18-46-15-13-43-33(46)44-32(49)34(38)21-47(26-9-11-42-12-10-26)20-28(34)27-8-7-25(36)17-29(27)37/h5-8,13,15-17,23,26,28,42H,2-4,9-12,14,18-21H2,1H3,(H,43,44,49)/t23-,28+,34+/m1/s1. The first-order valence-electron chi connectivity index (χ1n) is 16.9. The van der Waals surface area contributed by atoms with Crippen LogP contribution >= 0.6 is 0 Å². The molecule has 0 spiro atoms. The summed E-state index contributed by atoms with van der Waals surface area (Å²) < 4.78 is 94.3. The first-order valence-corrected chi connectivity index (χ1v) is 16.9. The van der Waals surface area contributed by atoms with Crippen molar-refractivity contribution in [1.29, 1.82) is 0 Å². The largest absolute Gasteiger partial charge is 0.466 e.